The van der Waals surface area contributed by atoms with Crippen LogP contribution in [-0.4, -0.2) is 33.1 Å². The molecule has 0 radical (unpaired) electrons. The summed E-state index contributed by atoms with van der Waals surface area (Å²) in [5, 5.41) is 3.52. The molecule has 0 aliphatic heterocycles. The molecule has 0 aliphatic rings. The van der Waals surface area contributed by atoms with Crippen molar-refractivity contribution >= 4 is 16.9 Å². The van der Waals surface area contributed by atoms with E-state index in [1.54, 1.807) is 22.6 Å². The highest BCUT2D eigenvalue weighted by atomic mass is 16.2. The van der Waals surface area contributed by atoms with Gasteiger partial charge >= 0.3 is 6.03 Å². The molecule has 3 rings (SSSR count). The lowest BCUT2D eigenvalue weighted by molar-refractivity contribution is 0.182. The molecule has 1 aromatic heterocycles. The summed E-state index contributed by atoms with van der Waals surface area (Å²) < 4.78 is 1.64. The molecule has 0 fully saturated rings. The quantitative estimate of drug-likeness (QED) is 0.696. The number of carbonyl (C=O) groups is 1. The minimum absolute atomic E-state index is 0.140. The van der Waals surface area contributed by atoms with Crippen LogP contribution in [-0.2, 0) is 0 Å². The van der Waals surface area contributed by atoms with Gasteiger partial charge in [0, 0.05) is 12.6 Å². The number of hydrogen-bond acceptors (Lipinski definition) is 3. The molecule has 1 unspecified atom stereocenters. The van der Waals surface area contributed by atoms with Gasteiger partial charge in [-0.15, -0.1) is 0 Å². The summed E-state index contributed by atoms with van der Waals surface area (Å²) in [4.78, 5) is 32.7. The van der Waals surface area contributed by atoms with E-state index >= 15 is 0 Å². The summed E-state index contributed by atoms with van der Waals surface area (Å²) in [6.07, 6.45) is 0. The molecule has 6 nitrogen and oxygen atoms in total. The summed E-state index contributed by atoms with van der Waals surface area (Å²) in [7, 11) is 1.72. The number of hydrogen-bond donors (Lipinski definition) is 1. The topological polar surface area (TPSA) is 67.2 Å². The van der Waals surface area contributed by atoms with Crippen LogP contribution in [0.4, 0.5) is 4.79 Å². The molecule has 1 N–H and O–H groups in total. The van der Waals surface area contributed by atoms with Gasteiger partial charge in [0.15, 0.2) is 0 Å². The van der Waals surface area contributed by atoms with Gasteiger partial charge in [0.25, 0.3) is 5.56 Å². The molecule has 30 heavy (non-hydrogen) atoms. The fourth-order valence-corrected chi connectivity index (χ4v) is 3.48. The van der Waals surface area contributed by atoms with Crippen LogP contribution in [0.1, 0.15) is 50.7 Å². The van der Waals surface area contributed by atoms with E-state index in [9.17, 15) is 9.59 Å². The van der Waals surface area contributed by atoms with Crippen LogP contribution < -0.4 is 10.9 Å². The molecule has 1 heterocycles. The van der Waals surface area contributed by atoms with Crippen LogP contribution >= 0.6 is 0 Å². The smallest absolute Gasteiger partial charge is 0.318 e. The first kappa shape index (κ1) is 21.6. The van der Waals surface area contributed by atoms with Gasteiger partial charge in [0.05, 0.1) is 22.6 Å². The van der Waals surface area contributed by atoms with Crippen LogP contribution in [0.15, 0.2) is 47.3 Å². The molecular formula is C24H30N4O2. The van der Waals surface area contributed by atoms with Gasteiger partial charge < -0.3 is 10.2 Å². The second-order valence-electron chi connectivity index (χ2n) is 8.88. The van der Waals surface area contributed by atoms with E-state index in [2.05, 4.69) is 5.32 Å². The lowest BCUT2D eigenvalue weighted by atomic mass is 10.1. The van der Waals surface area contributed by atoms with Gasteiger partial charge in [-0.05, 0) is 65.3 Å². The molecule has 158 valence electrons. The van der Waals surface area contributed by atoms with Crippen LogP contribution in [0.3, 0.4) is 0 Å². The molecule has 2 aromatic carbocycles. The Hall–Kier alpha value is -3.15. The number of rotatable bonds is 3. The van der Waals surface area contributed by atoms with E-state index in [1.165, 1.54) is 0 Å². The predicted molar refractivity (Wildman–Crippen MR) is 121 cm³/mol. The number of benzene rings is 2. The van der Waals surface area contributed by atoms with Crippen molar-refractivity contribution in [1.82, 2.24) is 19.8 Å². The van der Waals surface area contributed by atoms with Gasteiger partial charge in [-0.2, -0.15) is 0 Å². The summed E-state index contributed by atoms with van der Waals surface area (Å²) in [6.45, 7) is 11.7. The Morgan fingerprint density at radius 3 is 2.43 bits per heavy atom. The third-order valence-electron chi connectivity index (χ3n) is 5.15. The largest absolute Gasteiger partial charge is 0.333 e. The summed E-state index contributed by atoms with van der Waals surface area (Å²) in [5.41, 5.74) is 2.98. The highest BCUT2D eigenvalue weighted by molar-refractivity contribution is 5.78. The first-order valence-corrected chi connectivity index (χ1v) is 10.1. The Kier molecular flexibility index (Phi) is 5.70. The molecular weight excluding hydrogens is 376 g/mol. The van der Waals surface area contributed by atoms with Gasteiger partial charge in [-0.1, -0.05) is 29.8 Å². The van der Waals surface area contributed by atoms with E-state index in [1.807, 2.05) is 77.9 Å². The Bertz CT molecular complexity index is 1160. The molecule has 6 heteroatoms. The number of fused-ring (bicyclic) bond motifs is 1. The zero-order valence-electron chi connectivity index (χ0n) is 18.8. The minimum atomic E-state index is -0.426. The van der Waals surface area contributed by atoms with Crippen LogP contribution in [0.5, 0.6) is 0 Å². The van der Waals surface area contributed by atoms with Gasteiger partial charge in [-0.3, -0.25) is 9.36 Å². The third kappa shape index (κ3) is 4.22. The molecule has 1 atom stereocenters. The maximum Gasteiger partial charge on any atom is 0.318 e. The Morgan fingerprint density at radius 2 is 1.80 bits per heavy atom. The summed E-state index contributed by atoms with van der Waals surface area (Å²) >= 11 is 0. The maximum atomic E-state index is 13.5. The number of amides is 2. The lowest BCUT2D eigenvalue weighted by Gasteiger charge is -2.30. The number of aromatic nitrogens is 2. The van der Waals surface area contributed by atoms with Crippen molar-refractivity contribution in [3.63, 3.8) is 0 Å². The van der Waals surface area contributed by atoms with Crippen molar-refractivity contribution in [2.75, 3.05) is 7.05 Å². The SMILES string of the molecule is Cc1ccc(-n2c(C(C)N(C)C(=O)NC(C)(C)C)nc3ccccc3c2=O)c(C)c1. The van der Waals surface area contributed by atoms with E-state index in [0.717, 1.165) is 16.8 Å². The number of urea groups is 1. The van der Waals surface area contributed by atoms with Crippen LogP contribution in [0.25, 0.3) is 16.6 Å². The van der Waals surface area contributed by atoms with Gasteiger partial charge in [-0.25, -0.2) is 9.78 Å². The fourth-order valence-electron chi connectivity index (χ4n) is 3.48. The number of para-hydroxylation sites is 1. The molecule has 3 aromatic rings. The van der Waals surface area contributed by atoms with E-state index < -0.39 is 6.04 Å². The molecule has 0 spiro atoms. The van der Waals surface area contributed by atoms with Crippen molar-refractivity contribution in [2.45, 2.75) is 53.1 Å². The fraction of sp³-hybridized carbons (Fsp3) is 0.375. The third-order valence-corrected chi connectivity index (χ3v) is 5.15. The number of carbonyl (C=O) groups excluding carboxylic acids is 1. The normalized spacial score (nSPS) is 12.6. The lowest BCUT2D eigenvalue weighted by Crippen LogP contribution is -2.48. The predicted octanol–water partition coefficient (Wildman–Crippen LogP) is 4.50. The Labute approximate surface area is 177 Å². The zero-order chi connectivity index (χ0) is 22.2. The molecule has 0 saturated carbocycles. The highest BCUT2D eigenvalue weighted by Gasteiger charge is 2.26. The van der Waals surface area contributed by atoms with Gasteiger partial charge in [0.1, 0.15) is 5.82 Å². The van der Waals surface area contributed by atoms with Crippen LogP contribution in [0.2, 0.25) is 0 Å². The first-order chi connectivity index (χ1) is 14.0. The van der Waals surface area contributed by atoms with E-state index in [0.29, 0.717) is 16.7 Å². The van der Waals surface area contributed by atoms with Crippen molar-refractivity contribution in [2.24, 2.45) is 0 Å². The summed E-state index contributed by atoms with van der Waals surface area (Å²) in [6, 6.07) is 12.6. The molecule has 0 saturated heterocycles. The van der Waals surface area contributed by atoms with Crippen molar-refractivity contribution in [1.29, 1.82) is 0 Å². The van der Waals surface area contributed by atoms with E-state index in [-0.39, 0.29) is 17.1 Å². The molecule has 0 bridgehead atoms. The van der Waals surface area contributed by atoms with Crippen molar-refractivity contribution in [3.8, 4) is 5.69 Å². The molecule has 2 amide bonds. The summed E-state index contributed by atoms with van der Waals surface area (Å²) in [5.74, 6) is 0.525. The molecule has 0 aliphatic carbocycles. The Balaban J connectivity index is 2.22. The monoisotopic (exact) mass is 406 g/mol. The first-order valence-electron chi connectivity index (χ1n) is 10.1. The van der Waals surface area contributed by atoms with Crippen molar-refractivity contribution in [3.05, 3.63) is 69.8 Å². The maximum absolute atomic E-state index is 13.5. The van der Waals surface area contributed by atoms with Crippen molar-refractivity contribution < 1.29 is 4.79 Å². The average molecular weight is 407 g/mol. The second-order valence-corrected chi connectivity index (χ2v) is 8.88. The average Bonchev–Trinajstić information content (AvgIpc) is 2.66. The minimum Gasteiger partial charge on any atom is -0.333 e. The Morgan fingerprint density at radius 1 is 1.13 bits per heavy atom. The number of aryl methyl sites for hydroxylation is 2. The van der Waals surface area contributed by atoms with Gasteiger partial charge in [0.2, 0.25) is 0 Å². The number of nitrogens with zero attached hydrogens (tertiary/aromatic N) is 3. The zero-order valence-corrected chi connectivity index (χ0v) is 18.8. The second kappa shape index (κ2) is 7.94. The number of nitrogens with one attached hydrogen (secondary N) is 1. The standard InChI is InChI=1S/C24H30N4O2/c1-15-12-13-20(16(2)14-15)28-21(17(3)27(7)23(30)26-24(4,5)6)25-19-11-9-8-10-18(19)22(28)29/h8-14,17H,1-7H3,(H,26,30). The highest BCUT2D eigenvalue weighted by Crippen LogP contribution is 2.24. The van der Waals surface area contributed by atoms with Crippen LogP contribution in [0, 0.1) is 13.8 Å². The van der Waals surface area contributed by atoms with E-state index in [4.69, 9.17) is 4.98 Å².